The highest BCUT2D eigenvalue weighted by molar-refractivity contribution is 5.88. The molecule has 0 spiro atoms. The van der Waals surface area contributed by atoms with E-state index >= 15 is 0 Å². The Labute approximate surface area is 230 Å². The zero-order chi connectivity index (χ0) is 27.4. The van der Waals surface area contributed by atoms with E-state index in [4.69, 9.17) is 0 Å². The lowest BCUT2D eigenvalue weighted by molar-refractivity contribution is -0.368. The normalized spacial score (nSPS) is 9.95. The summed E-state index contributed by atoms with van der Waals surface area (Å²) in [6.07, 6.45) is 7.66. The summed E-state index contributed by atoms with van der Waals surface area (Å²) in [5.41, 5.74) is 7.33. The van der Waals surface area contributed by atoms with Crippen molar-refractivity contribution in [2.75, 3.05) is 26.2 Å². The van der Waals surface area contributed by atoms with Crippen LogP contribution in [0.5, 0.6) is 0 Å². The number of ketones is 2. The number of carbonyl (C=O) groups is 4. The molecule has 0 rings (SSSR count). The second kappa shape index (κ2) is 40.8. The Bertz CT molecular complexity index is 552. The third-order valence-corrected chi connectivity index (χ3v) is 4.78. The van der Waals surface area contributed by atoms with Crippen LogP contribution in [0.4, 0.5) is 0 Å². The first-order valence-electron chi connectivity index (χ1n) is 12.5. The summed E-state index contributed by atoms with van der Waals surface area (Å²) in [6, 6.07) is 0. The van der Waals surface area contributed by atoms with E-state index in [1.54, 1.807) is 0 Å². The molecule has 8 N–H and O–H groups in total. The molecule has 37 heavy (non-hydrogen) atoms. The molecule has 0 aromatic rings. The summed E-state index contributed by atoms with van der Waals surface area (Å²) in [5.74, 6) is 0.978. The van der Waals surface area contributed by atoms with Gasteiger partial charge in [0.15, 0.2) is 5.78 Å². The van der Waals surface area contributed by atoms with E-state index in [1.165, 1.54) is 12.2 Å². The Balaban J connectivity index is -0.0000000644. The van der Waals surface area contributed by atoms with E-state index in [0.29, 0.717) is 25.2 Å². The predicted octanol–water partition coefficient (Wildman–Crippen LogP) is 3.77. The molecule has 2 amide bonds. The molecule has 0 saturated heterocycles. The van der Waals surface area contributed by atoms with Crippen molar-refractivity contribution in [1.82, 2.24) is 10.6 Å². The number of amides is 2. The Kier molecular flexibility index (Phi) is 56.7. The molecular formula is C29H66N4O4+2. The maximum atomic E-state index is 11.1. The van der Waals surface area contributed by atoms with Crippen molar-refractivity contribution in [3.63, 3.8) is 0 Å². The molecule has 224 valence electrons. The fraction of sp³-hybridized carbons (Fsp3) is 0.724. The fourth-order valence-electron chi connectivity index (χ4n) is 1.83. The molecule has 0 aliphatic heterocycles. The third kappa shape index (κ3) is 44.1. The minimum absolute atomic E-state index is 0. The first-order valence-corrected chi connectivity index (χ1v) is 12.5. The molecule has 0 fully saturated rings. The number of quaternary nitrogens is 2. The number of carbonyl (C=O) groups excluding carboxylic acids is 4. The Hall–Kier alpha value is -2.32. The lowest BCUT2D eigenvalue weighted by Gasteiger charge is -2.08. The average molecular weight is 535 g/mol. The number of allylic oxidation sites excluding steroid dienone is 1. The third-order valence-electron chi connectivity index (χ3n) is 4.78. The van der Waals surface area contributed by atoms with E-state index < -0.39 is 0 Å². The molecule has 0 radical (unpaired) electrons. The van der Waals surface area contributed by atoms with Gasteiger partial charge in [-0.3, -0.25) is 19.2 Å². The molecule has 8 heteroatoms. The highest BCUT2D eigenvalue weighted by Crippen LogP contribution is 2.03. The fourth-order valence-corrected chi connectivity index (χ4v) is 1.83. The smallest absolute Gasteiger partial charge is 0.243 e. The van der Waals surface area contributed by atoms with Gasteiger partial charge in [0.1, 0.15) is 5.78 Å². The molecule has 0 heterocycles. The summed E-state index contributed by atoms with van der Waals surface area (Å²) in [5, 5.41) is 5.49. The lowest BCUT2D eigenvalue weighted by Crippen LogP contribution is -2.51. The van der Waals surface area contributed by atoms with Crippen molar-refractivity contribution in [2.45, 2.75) is 102 Å². The van der Waals surface area contributed by atoms with Crippen molar-refractivity contribution < 1.29 is 30.6 Å². The molecule has 2 atom stereocenters. The van der Waals surface area contributed by atoms with Gasteiger partial charge in [0.2, 0.25) is 11.8 Å². The minimum Gasteiger partial charge on any atom is -0.358 e. The SMILES string of the molecule is C.C.C.C=CC(=O)CC.C=CC(=O)NCCC[NH3+].CCC(=O)C(C)CC.CCC(C)C(=O)NCCC[NH3+]. The number of Topliss-reactive ketones (excluding diaryl/α,β-unsaturated/α-hetero) is 1. The van der Waals surface area contributed by atoms with Crippen LogP contribution in [0.25, 0.3) is 0 Å². The monoisotopic (exact) mass is 535 g/mol. The van der Waals surface area contributed by atoms with Gasteiger partial charge in [-0.15, -0.1) is 0 Å². The first-order chi connectivity index (χ1) is 16.1. The van der Waals surface area contributed by atoms with Gasteiger partial charge in [-0.25, -0.2) is 0 Å². The Morgan fingerprint density at radius 2 is 1.16 bits per heavy atom. The summed E-state index contributed by atoms with van der Waals surface area (Å²) >= 11 is 0. The van der Waals surface area contributed by atoms with Crippen molar-refractivity contribution in [2.24, 2.45) is 11.8 Å². The Morgan fingerprint density at radius 1 is 0.730 bits per heavy atom. The standard InChI is InChI=1S/C8H18N2O.C7H14O.C6H12N2O.C5H8O.3CH4/c1-3-7(2)8(11)10-6-4-5-9;1-4-6(3)7(8)5-2;1-2-6(9)8-5-3-4-7;1-3-5(6)4-2;;;/h7H,3-6,9H2,1-2H3,(H,10,11);6H,4-5H2,1-3H3;2H,1,3-5,7H2,(H,8,9);3H,1,4H2,2H3;3*1H4/p+2. The van der Waals surface area contributed by atoms with Crippen molar-refractivity contribution in [3.8, 4) is 0 Å². The maximum Gasteiger partial charge on any atom is 0.243 e. The van der Waals surface area contributed by atoms with Crippen molar-refractivity contribution >= 4 is 23.4 Å². The van der Waals surface area contributed by atoms with Crippen LogP contribution in [0.2, 0.25) is 0 Å². The van der Waals surface area contributed by atoms with E-state index in [-0.39, 0.29) is 51.7 Å². The van der Waals surface area contributed by atoms with Crippen LogP contribution in [0.3, 0.4) is 0 Å². The molecule has 0 aliphatic rings. The van der Waals surface area contributed by atoms with Gasteiger partial charge in [0, 0.05) is 50.6 Å². The summed E-state index contributed by atoms with van der Waals surface area (Å²) < 4.78 is 0. The van der Waals surface area contributed by atoms with E-state index in [2.05, 4.69) is 35.3 Å². The highest BCUT2D eigenvalue weighted by Gasteiger charge is 2.08. The van der Waals surface area contributed by atoms with Crippen LogP contribution in [-0.2, 0) is 19.2 Å². The minimum atomic E-state index is -0.108. The van der Waals surface area contributed by atoms with Crippen molar-refractivity contribution in [1.29, 1.82) is 0 Å². The number of rotatable bonds is 14. The van der Waals surface area contributed by atoms with Crippen LogP contribution in [0.1, 0.15) is 102 Å². The average Bonchev–Trinajstić information content (AvgIpc) is 2.87. The van der Waals surface area contributed by atoms with Gasteiger partial charge in [-0.05, 0) is 25.0 Å². The number of nitrogens with one attached hydrogen (secondary N) is 2. The molecule has 0 aromatic carbocycles. The molecule has 0 aromatic heterocycles. The summed E-state index contributed by atoms with van der Waals surface area (Å²) in [7, 11) is 0. The lowest BCUT2D eigenvalue weighted by atomic mass is 10.0. The van der Waals surface area contributed by atoms with Crippen LogP contribution in [0, 0.1) is 11.8 Å². The molecule has 0 aliphatic carbocycles. The van der Waals surface area contributed by atoms with Gasteiger partial charge in [-0.1, -0.05) is 77.0 Å². The van der Waals surface area contributed by atoms with Gasteiger partial charge < -0.3 is 22.1 Å². The second-order valence-corrected chi connectivity index (χ2v) is 7.66. The molecular weight excluding hydrogens is 468 g/mol. The predicted molar refractivity (Wildman–Crippen MR) is 161 cm³/mol. The Morgan fingerprint density at radius 3 is 1.41 bits per heavy atom. The second-order valence-electron chi connectivity index (χ2n) is 7.66. The van der Waals surface area contributed by atoms with Crippen LogP contribution in [-0.4, -0.2) is 49.6 Å². The van der Waals surface area contributed by atoms with E-state index in [1.807, 2.05) is 41.5 Å². The quantitative estimate of drug-likeness (QED) is 0.198. The largest absolute Gasteiger partial charge is 0.358 e. The van der Waals surface area contributed by atoms with E-state index in [9.17, 15) is 19.2 Å². The van der Waals surface area contributed by atoms with E-state index in [0.717, 1.165) is 45.3 Å². The zero-order valence-electron chi connectivity index (χ0n) is 22.8. The van der Waals surface area contributed by atoms with Crippen LogP contribution < -0.4 is 22.1 Å². The van der Waals surface area contributed by atoms with Gasteiger partial charge in [0.05, 0.1) is 13.1 Å². The highest BCUT2D eigenvalue weighted by atomic mass is 16.2. The van der Waals surface area contributed by atoms with Crippen LogP contribution >= 0.6 is 0 Å². The summed E-state index contributed by atoms with van der Waals surface area (Å²) in [6.45, 7) is 21.5. The topological polar surface area (TPSA) is 148 Å². The van der Waals surface area contributed by atoms with Gasteiger partial charge in [0.25, 0.3) is 0 Å². The van der Waals surface area contributed by atoms with Crippen molar-refractivity contribution in [3.05, 3.63) is 25.3 Å². The van der Waals surface area contributed by atoms with Gasteiger partial charge >= 0.3 is 0 Å². The molecule has 0 bridgehead atoms. The molecule has 0 saturated carbocycles. The number of hydrogen-bond acceptors (Lipinski definition) is 4. The van der Waals surface area contributed by atoms with Crippen LogP contribution in [0.15, 0.2) is 25.3 Å². The van der Waals surface area contributed by atoms with Gasteiger partial charge in [-0.2, -0.15) is 0 Å². The molecule has 2 unspecified atom stereocenters. The first kappa shape index (κ1) is 51.3. The number of hydrogen-bond donors (Lipinski definition) is 4. The maximum absolute atomic E-state index is 11.1. The zero-order valence-corrected chi connectivity index (χ0v) is 22.8. The molecule has 8 nitrogen and oxygen atoms in total. The summed E-state index contributed by atoms with van der Waals surface area (Å²) in [4.78, 5) is 42.4.